The molecular weight excluding hydrogens is 176 g/mol. The van der Waals surface area contributed by atoms with Crippen molar-refractivity contribution < 1.29 is 9.53 Å². The van der Waals surface area contributed by atoms with E-state index in [2.05, 4.69) is 20.8 Å². The van der Waals surface area contributed by atoms with Crippen molar-refractivity contribution in [2.75, 3.05) is 6.61 Å². The van der Waals surface area contributed by atoms with Gasteiger partial charge >= 0.3 is 5.97 Å². The van der Waals surface area contributed by atoms with Crippen molar-refractivity contribution in [1.82, 2.24) is 0 Å². The van der Waals surface area contributed by atoms with Gasteiger partial charge in [-0.25, -0.2) is 0 Å². The van der Waals surface area contributed by atoms with E-state index in [4.69, 9.17) is 4.74 Å². The number of rotatable bonds is 4. The van der Waals surface area contributed by atoms with Crippen molar-refractivity contribution in [3.05, 3.63) is 0 Å². The fourth-order valence-electron chi connectivity index (χ4n) is 2.68. The molecule has 0 spiro atoms. The van der Waals surface area contributed by atoms with Crippen LogP contribution in [-0.4, -0.2) is 12.6 Å². The molecule has 1 rings (SSSR count). The first kappa shape index (κ1) is 11.5. The van der Waals surface area contributed by atoms with Gasteiger partial charge < -0.3 is 4.74 Å². The highest BCUT2D eigenvalue weighted by Crippen LogP contribution is 2.35. The monoisotopic (exact) mass is 198 g/mol. The van der Waals surface area contributed by atoms with Crippen molar-refractivity contribution >= 4 is 5.97 Å². The summed E-state index contributed by atoms with van der Waals surface area (Å²) in [6.45, 7) is 7.13. The molecule has 0 N–H and O–H groups in total. The molecule has 0 saturated carbocycles. The van der Waals surface area contributed by atoms with Gasteiger partial charge in [0.05, 0.1) is 12.5 Å². The number of hydrogen-bond acceptors (Lipinski definition) is 2. The summed E-state index contributed by atoms with van der Waals surface area (Å²) >= 11 is 0. The molecule has 2 heteroatoms. The maximum absolute atomic E-state index is 11.5. The second kappa shape index (κ2) is 5.38. The highest BCUT2D eigenvalue weighted by atomic mass is 16.5. The largest absolute Gasteiger partial charge is 0.465 e. The molecule has 1 fully saturated rings. The van der Waals surface area contributed by atoms with E-state index in [0.29, 0.717) is 18.4 Å². The summed E-state index contributed by atoms with van der Waals surface area (Å²) < 4.78 is 5.24. The van der Waals surface area contributed by atoms with Crippen LogP contribution in [0.1, 0.15) is 46.5 Å². The number of esters is 1. The van der Waals surface area contributed by atoms with Gasteiger partial charge in [-0.05, 0) is 24.7 Å². The van der Waals surface area contributed by atoms with E-state index in [1.807, 2.05) is 0 Å². The number of carbonyl (C=O) groups is 1. The van der Waals surface area contributed by atoms with Gasteiger partial charge in [0, 0.05) is 0 Å². The second-order valence-electron chi connectivity index (χ2n) is 4.27. The number of carbonyl (C=O) groups excluding carboxylic acids is 1. The minimum absolute atomic E-state index is 0.0340. The molecule has 3 atom stereocenters. The molecule has 1 aliphatic rings. The van der Waals surface area contributed by atoms with E-state index in [1.165, 1.54) is 12.8 Å². The van der Waals surface area contributed by atoms with Crippen LogP contribution < -0.4 is 0 Å². The van der Waals surface area contributed by atoms with Crippen LogP contribution in [0.15, 0.2) is 0 Å². The lowest BCUT2D eigenvalue weighted by Crippen LogP contribution is -2.38. The smallest absolute Gasteiger partial charge is 0.309 e. The van der Waals surface area contributed by atoms with Crippen LogP contribution in [0, 0.1) is 17.8 Å². The third-order valence-corrected chi connectivity index (χ3v) is 3.44. The van der Waals surface area contributed by atoms with Crippen LogP contribution in [0.2, 0.25) is 0 Å². The van der Waals surface area contributed by atoms with Crippen LogP contribution in [0.5, 0.6) is 0 Å². The Morgan fingerprint density at radius 2 is 2.00 bits per heavy atom. The zero-order valence-electron chi connectivity index (χ0n) is 9.58. The van der Waals surface area contributed by atoms with Crippen LogP contribution in [0.4, 0.5) is 0 Å². The molecule has 2 nitrogen and oxygen atoms in total. The van der Waals surface area contributed by atoms with Crippen molar-refractivity contribution in [3.63, 3.8) is 0 Å². The van der Waals surface area contributed by atoms with Gasteiger partial charge in [-0.2, -0.15) is 0 Å². The predicted molar refractivity (Wildman–Crippen MR) is 56.9 cm³/mol. The zero-order valence-corrected chi connectivity index (χ0v) is 9.58. The lowest BCUT2D eigenvalue weighted by atomic mass is 9.75. The van der Waals surface area contributed by atoms with Gasteiger partial charge in [-0.15, -0.1) is 0 Å². The Bertz CT molecular complexity index is 189. The maximum Gasteiger partial charge on any atom is 0.309 e. The predicted octanol–water partition coefficient (Wildman–Crippen LogP) is 3.01. The lowest BCUT2D eigenvalue weighted by molar-refractivity contribution is -0.162. The van der Waals surface area contributed by atoms with E-state index in [-0.39, 0.29) is 11.9 Å². The molecule has 0 amide bonds. The fourth-order valence-corrected chi connectivity index (χ4v) is 2.68. The summed E-state index contributed by atoms with van der Waals surface area (Å²) in [4.78, 5) is 11.5. The van der Waals surface area contributed by atoms with Crippen molar-refractivity contribution in [3.8, 4) is 0 Å². The molecular formula is C12H22O2. The van der Waals surface area contributed by atoms with E-state index >= 15 is 0 Å². The molecule has 3 unspecified atom stereocenters. The first-order valence-electron chi connectivity index (χ1n) is 5.91. The highest BCUT2D eigenvalue weighted by molar-refractivity contribution is 5.73. The van der Waals surface area contributed by atoms with Gasteiger partial charge in [0.25, 0.3) is 0 Å². The Hall–Kier alpha value is -0.530. The minimum atomic E-state index is 0.0340. The van der Waals surface area contributed by atoms with E-state index in [0.717, 1.165) is 12.8 Å². The van der Waals surface area contributed by atoms with Crippen molar-refractivity contribution in [1.29, 1.82) is 0 Å². The molecule has 0 aromatic carbocycles. The zero-order chi connectivity index (χ0) is 10.6. The quantitative estimate of drug-likeness (QED) is 0.649. The van der Waals surface area contributed by atoms with Crippen LogP contribution in [0.25, 0.3) is 0 Å². The molecule has 0 aliphatic carbocycles. The van der Waals surface area contributed by atoms with Gasteiger partial charge in [0.2, 0.25) is 0 Å². The second-order valence-corrected chi connectivity index (χ2v) is 4.27. The molecule has 82 valence electrons. The Morgan fingerprint density at radius 1 is 1.29 bits per heavy atom. The SMILES string of the molecule is CCCC1COC(=O)C(CC)C1CC. The van der Waals surface area contributed by atoms with Crippen LogP contribution in [-0.2, 0) is 9.53 Å². The number of hydrogen-bond donors (Lipinski definition) is 0. The van der Waals surface area contributed by atoms with Gasteiger partial charge in [-0.3, -0.25) is 4.79 Å². The molecule has 14 heavy (non-hydrogen) atoms. The molecule has 0 aromatic heterocycles. The maximum atomic E-state index is 11.5. The van der Waals surface area contributed by atoms with Crippen LogP contribution in [0.3, 0.4) is 0 Å². The van der Waals surface area contributed by atoms with Gasteiger partial charge in [-0.1, -0.05) is 33.6 Å². The molecule has 1 aliphatic heterocycles. The summed E-state index contributed by atoms with van der Waals surface area (Å²) in [6, 6.07) is 0. The Morgan fingerprint density at radius 3 is 2.50 bits per heavy atom. The molecule has 0 aromatic rings. The van der Waals surface area contributed by atoms with Gasteiger partial charge in [0.1, 0.15) is 0 Å². The Kier molecular flexibility index (Phi) is 4.43. The van der Waals surface area contributed by atoms with Gasteiger partial charge in [0.15, 0.2) is 0 Å². The highest BCUT2D eigenvalue weighted by Gasteiger charge is 2.37. The summed E-state index contributed by atoms with van der Waals surface area (Å²) in [5.74, 6) is 1.35. The van der Waals surface area contributed by atoms with E-state index in [1.54, 1.807) is 0 Å². The topological polar surface area (TPSA) is 26.3 Å². The third kappa shape index (κ3) is 2.28. The van der Waals surface area contributed by atoms with Crippen molar-refractivity contribution in [2.24, 2.45) is 17.8 Å². The summed E-state index contributed by atoms with van der Waals surface area (Å²) in [5, 5.41) is 0. The van der Waals surface area contributed by atoms with Crippen LogP contribution >= 0.6 is 0 Å². The normalized spacial score (nSPS) is 32.8. The molecule has 1 saturated heterocycles. The average Bonchev–Trinajstić information content (AvgIpc) is 2.20. The Balaban J connectivity index is 2.66. The summed E-state index contributed by atoms with van der Waals surface area (Å²) in [5.41, 5.74) is 0. The van der Waals surface area contributed by atoms with Crippen molar-refractivity contribution in [2.45, 2.75) is 46.5 Å². The molecule has 0 bridgehead atoms. The Labute approximate surface area is 87.0 Å². The third-order valence-electron chi connectivity index (χ3n) is 3.44. The van der Waals surface area contributed by atoms with E-state index in [9.17, 15) is 4.79 Å². The lowest BCUT2D eigenvalue weighted by Gasteiger charge is -2.36. The fraction of sp³-hybridized carbons (Fsp3) is 0.917. The molecule has 0 radical (unpaired) electrons. The minimum Gasteiger partial charge on any atom is -0.465 e. The average molecular weight is 198 g/mol. The first-order valence-corrected chi connectivity index (χ1v) is 5.91. The van der Waals surface area contributed by atoms with E-state index < -0.39 is 0 Å². The molecule has 1 heterocycles. The number of ether oxygens (including phenoxy) is 1. The first-order chi connectivity index (χ1) is 6.74. The summed E-state index contributed by atoms with van der Waals surface area (Å²) in [7, 11) is 0. The standard InChI is InChI=1S/C12H22O2/c1-4-7-9-8-14-12(13)11(6-3)10(9)5-2/h9-11H,4-8H2,1-3H3. The number of cyclic esters (lactones) is 1. The summed E-state index contributed by atoms with van der Waals surface area (Å²) in [6.07, 6.45) is 4.42.